The van der Waals surface area contributed by atoms with Gasteiger partial charge in [0.25, 0.3) is 0 Å². The molecule has 2 unspecified atom stereocenters. The van der Waals surface area contributed by atoms with Gasteiger partial charge < -0.3 is 26.0 Å². The van der Waals surface area contributed by atoms with E-state index in [4.69, 9.17) is 10.5 Å². The van der Waals surface area contributed by atoms with Gasteiger partial charge in [-0.25, -0.2) is 4.79 Å². The van der Waals surface area contributed by atoms with Crippen molar-refractivity contribution in [3.63, 3.8) is 0 Å². The normalized spacial score (nSPS) is 22.9. The Bertz CT molecular complexity index is 739. The highest BCUT2D eigenvalue weighted by Gasteiger charge is 2.49. The zero-order chi connectivity index (χ0) is 21.1. The molecule has 1 aliphatic rings. The fourth-order valence-corrected chi connectivity index (χ4v) is 4.37. The number of carboxylic acids is 1. The minimum atomic E-state index is -1.12. The molecule has 1 amide bonds. The number of hydrogen-bond acceptors (Lipinski definition) is 8. The van der Waals surface area contributed by atoms with Crippen LogP contribution in [-0.4, -0.2) is 56.9 Å². The van der Waals surface area contributed by atoms with Crippen LogP contribution in [0.15, 0.2) is 24.3 Å². The molecule has 0 radical (unpaired) electrons. The highest BCUT2D eigenvalue weighted by atomic mass is 32.2. The summed E-state index contributed by atoms with van der Waals surface area (Å²) >= 11 is 1.24. The Morgan fingerprint density at radius 3 is 2.43 bits per heavy atom. The average molecular weight is 411 g/mol. The summed E-state index contributed by atoms with van der Waals surface area (Å²) in [7, 11) is 0. The molecule has 1 aromatic rings. The maximum atomic E-state index is 12.6. The van der Waals surface area contributed by atoms with Crippen LogP contribution in [0.3, 0.4) is 0 Å². The lowest BCUT2D eigenvalue weighted by atomic mass is 10.0. The molecule has 2 rings (SSSR count). The van der Waals surface area contributed by atoms with Gasteiger partial charge in [0.2, 0.25) is 5.91 Å². The molecule has 10 heteroatoms. The van der Waals surface area contributed by atoms with Crippen LogP contribution in [0.1, 0.15) is 32.4 Å². The van der Waals surface area contributed by atoms with Gasteiger partial charge in [0.05, 0.1) is 12.0 Å². The number of aromatic hydroxyl groups is 1. The van der Waals surface area contributed by atoms with Crippen molar-refractivity contribution in [2.45, 2.75) is 49.0 Å². The van der Waals surface area contributed by atoms with Crippen LogP contribution in [0.2, 0.25) is 0 Å². The lowest BCUT2D eigenvalue weighted by Gasteiger charge is -2.25. The van der Waals surface area contributed by atoms with E-state index in [1.807, 2.05) is 0 Å². The van der Waals surface area contributed by atoms with Crippen LogP contribution in [0.25, 0.3) is 0 Å². The number of phenols is 1. The molecule has 1 saturated heterocycles. The van der Waals surface area contributed by atoms with Crippen LogP contribution in [0.5, 0.6) is 5.75 Å². The molecule has 1 aromatic carbocycles. The first kappa shape index (κ1) is 22.0. The molecule has 0 spiro atoms. The third kappa shape index (κ3) is 4.94. The van der Waals surface area contributed by atoms with Gasteiger partial charge in [0.1, 0.15) is 17.8 Å². The molecule has 28 heavy (non-hydrogen) atoms. The first-order valence-corrected chi connectivity index (χ1v) is 9.63. The van der Waals surface area contributed by atoms with E-state index in [1.54, 1.807) is 20.8 Å². The molecule has 1 aliphatic heterocycles. The van der Waals surface area contributed by atoms with Gasteiger partial charge in [-0.05, 0) is 38.5 Å². The number of aliphatic carboxylic acids is 1. The molecule has 4 atom stereocenters. The Morgan fingerprint density at radius 2 is 1.93 bits per heavy atom. The minimum Gasteiger partial charge on any atom is -0.508 e. The number of carbonyl (C=O) groups is 3. The first-order chi connectivity index (χ1) is 13.1. The van der Waals surface area contributed by atoms with Crippen molar-refractivity contribution in [2.24, 2.45) is 5.73 Å². The molecule has 6 N–H and O–H groups in total. The Kier molecular flexibility index (Phi) is 6.91. The van der Waals surface area contributed by atoms with E-state index in [9.17, 15) is 24.6 Å². The van der Waals surface area contributed by atoms with Crippen LogP contribution in [0.4, 0.5) is 0 Å². The minimum absolute atomic E-state index is 0.0363. The maximum Gasteiger partial charge on any atom is 0.331 e. The second kappa shape index (κ2) is 8.80. The molecule has 1 fully saturated rings. The standard InChI is InChI=1S/C18H25N3O6S/c1-4-27-17(26)12(15-21-13(16(24)25)18(2,3)28-15)20-14(23)11(19)9-5-7-10(22)8-6-9/h5-8,11-13,15,21-22H,4,19H2,1-3H3,(H,20,23)(H,24,25)/t11-,12?,13+,15?/m1/s1. The van der Waals surface area contributed by atoms with Crippen molar-refractivity contribution in [1.29, 1.82) is 0 Å². The summed E-state index contributed by atoms with van der Waals surface area (Å²) in [6.45, 7) is 5.24. The first-order valence-electron chi connectivity index (χ1n) is 8.75. The van der Waals surface area contributed by atoms with Gasteiger partial charge in [0, 0.05) is 4.75 Å². The highest BCUT2D eigenvalue weighted by Crippen LogP contribution is 2.39. The summed E-state index contributed by atoms with van der Waals surface area (Å²) in [5.41, 5.74) is 6.42. The van der Waals surface area contributed by atoms with Gasteiger partial charge in [-0.15, -0.1) is 11.8 Å². The zero-order valence-electron chi connectivity index (χ0n) is 15.8. The quantitative estimate of drug-likeness (QED) is 0.400. The van der Waals surface area contributed by atoms with Gasteiger partial charge in [-0.2, -0.15) is 0 Å². The number of carboxylic acid groups (broad SMARTS) is 1. The average Bonchev–Trinajstić information content (AvgIpc) is 2.94. The number of nitrogens with one attached hydrogen (secondary N) is 2. The van der Waals surface area contributed by atoms with E-state index in [0.717, 1.165) is 0 Å². The molecule has 154 valence electrons. The highest BCUT2D eigenvalue weighted by molar-refractivity contribution is 8.01. The lowest BCUT2D eigenvalue weighted by Crippen LogP contribution is -2.55. The molecule has 0 aromatic heterocycles. The number of benzene rings is 1. The number of phenolic OH excluding ortho intramolecular Hbond substituents is 1. The van der Waals surface area contributed by atoms with E-state index in [1.165, 1.54) is 36.0 Å². The van der Waals surface area contributed by atoms with Gasteiger partial charge in [0.15, 0.2) is 6.04 Å². The summed E-state index contributed by atoms with van der Waals surface area (Å²) in [4.78, 5) is 36.6. The van der Waals surface area contributed by atoms with Crippen LogP contribution in [0, 0.1) is 0 Å². The number of rotatable bonds is 7. The number of ether oxygens (including phenoxy) is 1. The summed E-state index contributed by atoms with van der Waals surface area (Å²) < 4.78 is 4.35. The van der Waals surface area contributed by atoms with E-state index in [2.05, 4.69) is 10.6 Å². The SMILES string of the molecule is CCOC(=O)C(NC(=O)[C@H](N)c1ccc(O)cc1)C1N[C@@H](C(=O)O)C(C)(C)S1. The summed E-state index contributed by atoms with van der Waals surface area (Å²) in [6, 6.07) is 2.72. The van der Waals surface area contributed by atoms with Gasteiger partial charge in [-0.3, -0.25) is 14.9 Å². The number of amides is 1. The number of carbonyl (C=O) groups excluding carboxylic acids is 2. The van der Waals surface area contributed by atoms with Crippen molar-refractivity contribution in [2.75, 3.05) is 6.61 Å². The Balaban J connectivity index is 2.19. The monoisotopic (exact) mass is 411 g/mol. The second-order valence-electron chi connectivity index (χ2n) is 6.89. The third-order valence-electron chi connectivity index (χ3n) is 4.38. The van der Waals surface area contributed by atoms with Crippen LogP contribution < -0.4 is 16.4 Å². The lowest BCUT2D eigenvalue weighted by molar-refractivity contribution is -0.148. The molecule has 0 saturated carbocycles. The predicted octanol–water partition coefficient (Wildman–Crippen LogP) is 0.334. The number of hydrogen-bond donors (Lipinski definition) is 5. The fraction of sp³-hybridized carbons (Fsp3) is 0.500. The third-order valence-corrected chi connectivity index (χ3v) is 5.88. The van der Waals surface area contributed by atoms with Crippen molar-refractivity contribution in [3.05, 3.63) is 29.8 Å². The number of thioether (sulfide) groups is 1. The predicted molar refractivity (Wildman–Crippen MR) is 104 cm³/mol. The zero-order valence-corrected chi connectivity index (χ0v) is 16.7. The van der Waals surface area contributed by atoms with Crippen molar-refractivity contribution in [1.82, 2.24) is 10.6 Å². The van der Waals surface area contributed by atoms with E-state index >= 15 is 0 Å². The molecule has 0 bridgehead atoms. The molecule has 0 aliphatic carbocycles. The van der Waals surface area contributed by atoms with Crippen molar-refractivity contribution >= 4 is 29.6 Å². The number of esters is 1. The van der Waals surface area contributed by atoms with Crippen LogP contribution in [-0.2, 0) is 19.1 Å². The summed E-state index contributed by atoms with van der Waals surface area (Å²) in [5.74, 6) is -2.31. The largest absolute Gasteiger partial charge is 0.508 e. The smallest absolute Gasteiger partial charge is 0.331 e. The molecular formula is C18H25N3O6S. The van der Waals surface area contributed by atoms with Crippen molar-refractivity contribution < 1.29 is 29.3 Å². The molecular weight excluding hydrogens is 386 g/mol. The Hall–Kier alpha value is -2.30. The van der Waals surface area contributed by atoms with Crippen molar-refractivity contribution in [3.8, 4) is 5.75 Å². The molecule has 1 heterocycles. The van der Waals surface area contributed by atoms with Gasteiger partial charge in [-0.1, -0.05) is 12.1 Å². The molecule has 9 nitrogen and oxygen atoms in total. The number of nitrogens with two attached hydrogens (primary N) is 1. The maximum absolute atomic E-state index is 12.6. The Morgan fingerprint density at radius 1 is 1.32 bits per heavy atom. The summed E-state index contributed by atoms with van der Waals surface area (Å²) in [6.07, 6.45) is 0. The fourth-order valence-electron chi connectivity index (χ4n) is 2.89. The van der Waals surface area contributed by atoms with Crippen LogP contribution >= 0.6 is 11.8 Å². The van der Waals surface area contributed by atoms with Gasteiger partial charge >= 0.3 is 11.9 Å². The summed E-state index contributed by atoms with van der Waals surface area (Å²) in [5, 5.41) is 23.5. The van der Waals surface area contributed by atoms with E-state index < -0.39 is 46.1 Å². The second-order valence-corrected chi connectivity index (χ2v) is 8.68. The Labute approximate surface area is 167 Å². The topological polar surface area (TPSA) is 151 Å². The van der Waals surface area contributed by atoms with E-state index in [0.29, 0.717) is 5.56 Å². The van der Waals surface area contributed by atoms with E-state index in [-0.39, 0.29) is 12.4 Å².